The third-order valence-corrected chi connectivity index (χ3v) is 2.48. The number of nitrogens with two attached hydrogens (primary N) is 1. The molecule has 3 atom stereocenters. The Morgan fingerprint density at radius 2 is 1.56 bits per heavy atom. The van der Waals surface area contributed by atoms with Gasteiger partial charge in [-0.3, -0.25) is 9.59 Å². The average Bonchev–Trinajstić information content (AvgIpc) is 2.22. The van der Waals surface area contributed by atoms with Crippen LogP contribution in [0.15, 0.2) is 0 Å². The molecule has 0 aromatic carbocycles. The third-order valence-electron chi connectivity index (χ3n) is 2.48. The van der Waals surface area contributed by atoms with Crippen LogP contribution in [0, 0.1) is 0 Å². The van der Waals surface area contributed by atoms with Gasteiger partial charge in [0.1, 0.15) is 6.04 Å². The van der Waals surface area contributed by atoms with Crippen LogP contribution in [0.2, 0.25) is 0 Å². The molecule has 1 aliphatic carbocycles. The molecular weight excluding hydrogens is 421 g/mol. The first-order chi connectivity index (χ1) is 7.84. The van der Waals surface area contributed by atoms with Crippen molar-refractivity contribution >= 4 is 11.9 Å². The molecule has 1 saturated carbocycles. The molecule has 1 aliphatic rings. The fourth-order valence-corrected chi connectivity index (χ4v) is 1.41. The first-order valence-electron chi connectivity index (χ1n) is 5.47. The van der Waals surface area contributed by atoms with Crippen LogP contribution in [-0.2, 0) is 30.7 Å². The van der Waals surface area contributed by atoms with Gasteiger partial charge in [0.2, 0.25) is 0 Å². The van der Waals surface area contributed by atoms with Crippen LogP contribution in [0.5, 0.6) is 0 Å². The first-order valence-corrected chi connectivity index (χ1v) is 5.47. The van der Waals surface area contributed by atoms with E-state index in [0.29, 0.717) is 0 Å². The maximum Gasteiger partial charge on any atom is 2.00 e. The maximum absolute atomic E-state index is 9.85. The summed E-state index contributed by atoms with van der Waals surface area (Å²) in [6.07, 6.45) is 3.71. The molecule has 108 valence electrons. The van der Waals surface area contributed by atoms with Gasteiger partial charge in [-0.05, 0) is 0 Å². The second-order valence-electron chi connectivity index (χ2n) is 4.04. The zero-order valence-electron chi connectivity index (χ0n) is 9.87. The Labute approximate surface area is 120 Å². The van der Waals surface area contributed by atoms with Crippen molar-refractivity contribution in [1.82, 2.24) is 0 Å². The van der Waals surface area contributed by atoms with Crippen LogP contribution in [0.1, 0.15) is 32.1 Å². The molecule has 0 aromatic rings. The van der Waals surface area contributed by atoms with Gasteiger partial charge in [-0.15, -0.1) is 0 Å². The third kappa shape index (κ3) is 9.53. The van der Waals surface area contributed by atoms with Crippen LogP contribution < -0.4 is 5.73 Å². The Kier molecular flexibility index (Phi) is 11.5. The van der Waals surface area contributed by atoms with E-state index in [9.17, 15) is 9.59 Å². The predicted octanol–water partition coefficient (Wildman–Crippen LogP) is 1.27. The molecule has 0 aromatic heterocycles. The van der Waals surface area contributed by atoms with Gasteiger partial charge in [0.05, 0.1) is 6.42 Å². The van der Waals surface area contributed by atoms with E-state index in [1.165, 1.54) is 12.8 Å². The summed E-state index contributed by atoms with van der Waals surface area (Å²) in [4.78, 5) is 19.6. The number of carbonyl (C=O) groups is 2. The Bertz CT molecular complexity index is 256. The van der Waals surface area contributed by atoms with E-state index in [1.807, 2.05) is 0 Å². The van der Waals surface area contributed by atoms with Gasteiger partial charge in [0.15, 0.2) is 0 Å². The number of hydrogen-bond donors (Lipinski definition) is 3. The number of rotatable bonds is 3. The monoisotopic (exact) mass is 440 g/mol. The van der Waals surface area contributed by atoms with E-state index in [1.54, 1.807) is 0 Å². The van der Waals surface area contributed by atoms with Gasteiger partial charge >= 0.3 is 33.0 Å². The molecule has 6 N–H and O–H groups in total. The van der Waals surface area contributed by atoms with E-state index in [0.717, 1.165) is 12.8 Å². The summed E-state index contributed by atoms with van der Waals surface area (Å²) in [5, 5.41) is 16.0. The summed E-state index contributed by atoms with van der Waals surface area (Å²) in [5.41, 5.74) is 19.4. The van der Waals surface area contributed by atoms with E-state index < -0.39 is 24.4 Å². The molecule has 0 spiro atoms. The van der Waals surface area contributed by atoms with Gasteiger partial charge in [0, 0.05) is 0 Å². The van der Waals surface area contributed by atoms with Gasteiger partial charge in [-0.2, -0.15) is 12.1 Å². The smallest absolute Gasteiger partial charge is 0.676 e. The molecule has 1 fully saturated rings. The Balaban J connectivity index is 0. The van der Waals surface area contributed by atoms with Crippen LogP contribution in [0.3, 0.4) is 0 Å². The number of nitrogens with one attached hydrogen (secondary N) is 2. The quantitative estimate of drug-likeness (QED) is 0.605. The van der Waals surface area contributed by atoms with Crippen LogP contribution >= 0.6 is 0 Å². The normalized spacial score (nSPS) is 23.9. The number of aliphatic carboxylic acids is 2. The topological polar surface area (TPSA) is 148 Å². The van der Waals surface area contributed by atoms with Crippen molar-refractivity contribution in [2.45, 2.75) is 50.2 Å². The van der Waals surface area contributed by atoms with Crippen molar-refractivity contribution in [3.63, 3.8) is 0 Å². The minimum absolute atomic E-state index is 0. The van der Waals surface area contributed by atoms with E-state index in [2.05, 4.69) is 0 Å². The zero-order valence-corrected chi connectivity index (χ0v) is 12.1. The SMILES string of the molecule is NC(CC(=O)O)C(=O)O.[NH-][C@H]1CCCC[C@@H]1[NH-].[Pt+2]. The molecule has 1 rings (SSSR count). The molecule has 7 nitrogen and oxygen atoms in total. The van der Waals surface area contributed by atoms with Crippen LogP contribution in [0.4, 0.5) is 0 Å². The molecule has 0 radical (unpaired) electrons. The zero-order chi connectivity index (χ0) is 13.4. The summed E-state index contributed by atoms with van der Waals surface area (Å²) in [6, 6.07) is -1.45. The van der Waals surface area contributed by atoms with Gasteiger partial charge in [-0.25, -0.2) is 0 Å². The molecule has 1 unspecified atom stereocenters. The summed E-state index contributed by atoms with van der Waals surface area (Å²) >= 11 is 0. The fraction of sp³-hybridized carbons (Fsp3) is 0.800. The van der Waals surface area contributed by atoms with Crippen LogP contribution in [-0.4, -0.2) is 40.3 Å². The Morgan fingerprint density at radius 3 is 1.72 bits per heavy atom. The van der Waals surface area contributed by atoms with E-state index in [-0.39, 0.29) is 33.1 Å². The van der Waals surface area contributed by atoms with Gasteiger partial charge < -0.3 is 27.4 Å². The van der Waals surface area contributed by atoms with Crippen molar-refractivity contribution in [2.24, 2.45) is 5.73 Å². The average molecular weight is 440 g/mol. The maximum atomic E-state index is 9.85. The summed E-state index contributed by atoms with van der Waals surface area (Å²) in [5.74, 6) is -2.50. The van der Waals surface area contributed by atoms with Crippen LogP contribution in [0.25, 0.3) is 11.5 Å². The minimum atomic E-state index is -1.29. The Hall–Kier alpha value is -0.492. The second kappa shape index (κ2) is 10.4. The molecule has 0 bridgehead atoms. The largest absolute Gasteiger partial charge is 2.00 e. The molecule has 18 heavy (non-hydrogen) atoms. The van der Waals surface area contributed by atoms with Crippen molar-refractivity contribution in [3.8, 4) is 0 Å². The minimum Gasteiger partial charge on any atom is -0.676 e. The van der Waals surface area contributed by atoms with Crippen molar-refractivity contribution < 1.29 is 40.9 Å². The van der Waals surface area contributed by atoms with Crippen molar-refractivity contribution in [3.05, 3.63) is 11.5 Å². The molecule has 0 amide bonds. The van der Waals surface area contributed by atoms with E-state index in [4.69, 9.17) is 27.4 Å². The van der Waals surface area contributed by atoms with Gasteiger partial charge in [0.25, 0.3) is 0 Å². The summed E-state index contributed by atoms with van der Waals surface area (Å²) in [7, 11) is 0. The summed E-state index contributed by atoms with van der Waals surface area (Å²) in [6.45, 7) is 0. The molecular formula is C10H19N3O4Pt. The van der Waals surface area contributed by atoms with E-state index >= 15 is 0 Å². The number of carboxylic acids is 2. The van der Waals surface area contributed by atoms with Crippen molar-refractivity contribution in [1.29, 1.82) is 0 Å². The molecule has 8 heteroatoms. The summed E-state index contributed by atoms with van der Waals surface area (Å²) < 4.78 is 0. The van der Waals surface area contributed by atoms with Crippen molar-refractivity contribution in [2.75, 3.05) is 0 Å². The predicted molar refractivity (Wildman–Crippen MR) is 62.6 cm³/mol. The fourth-order valence-electron chi connectivity index (χ4n) is 1.41. The standard InChI is InChI=1S/C6H12N2.C4H7NO4.Pt/c7-5-3-1-2-4-6(5)8;5-2(4(8)9)1-3(6)7;/h5-8H,1-4H2;2H,1,5H2,(H,6,7)(H,8,9);/q-2;;+2/t5-,6-;;/m0../s1. The first kappa shape index (κ1) is 19.8. The molecule has 0 aliphatic heterocycles. The molecule has 0 saturated heterocycles. The number of hydrogen-bond acceptors (Lipinski definition) is 3. The second-order valence-corrected chi connectivity index (χ2v) is 4.04. The van der Waals surface area contributed by atoms with Gasteiger partial charge in [-0.1, -0.05) is 25.7 Å². The number of carboxylic acid groups (broad SMARTS) is 2. The molecule has 0 heterocycles. The Morgan fingerprint density at radius 1 is 1.17 bits per heavy atom.